The number of phenols is 1. The van der Waals surface area contributed by atoms with E-state index >= 15 is 0 Å². The zero-order valence-electron chi connectivity index (χ0n) is 11.7. The van der Waals surface area contributed by atoms with Gasteiger partial charge in [-0.2, -0.15) is 0 Å². The molecule has 0 saturated heterocycles. The van der Waals surface area contributed by atoms with E-state index in [2.05, 4.69) is 24.5 Å². The van der Waals surface area contributed by atoms with Gasteiger partial charge < -0.3 is 15.7 Å². The summed E-state index contributed by atoms with van der Waals surface area (Å²) < 4.78 is 0. The molecule has 4 nitrogen and oxygen atoms in total. The van der Waals surface area contributed by atoms with Gasteiger partial charge in [-0.3, -0.25) is 4.79 Å². The molecule has 0 aliphatic rings. The van der Waals surface area contributed by atoms with E-state index in [9.17, 15) is 9.90 Å². The normalized spacial score (nSPS) is 10.6. The van der Waals surface area contributed by atoms with Gasteiger partial charge in [-0.05, 0) is 35.8 Å². The van der Waals surface area contributed by atoms with Crippen molar-refractivity contribution in [3.8, 4) is 5.75 Å². The van der Waals surface area contributed by atoms with Gasteiger partial charge in [-0.1, -0.05) is 33.8 Å². The van der Waals surface area contributed by atoms with Crippen molar-refractivity contribution in [2.24, 2.45) is 5.92 Å². The monoisotopic (exact) mass is 280 g/mol. The standard InChI is InChI=1S/C14H20N2O2S/c1-8(2)10-5-6-12(17)11(7-10)15-14(19)16-13(18)9(3)4/h5-9,17H,1-4H3,(H2,15,16,18,19). The first-order valence-corrected chi connectivity index (χ1v) is 6.66. The second-order valence-electron chi connectivity index (χ2n) is 5.03. The number of hydrogen-bond donors (Lipinski definition) is 3. The molecule has 0 fully saturated rings. The molecule has 19 heavy (non-hydrogen) atoms. The molecule has 1 rings (SSSR count). The van der Waals surface area contributed by atoms with Crippen molar-refractivity contribution in [1.29, 1.82) is 0 Å². The molecular formula is C14H20N2O2S. The number of carbonyl (C=O) groups is 1. The van der Waals surface area contributed by atoms with Gasteiger partial charge in [0.15, 0.2) is 5.11 Å². The number of rotatable bonds is 3. The molecule has 0 aliphatic heterocycles. The fourth-order valence-electron chi connectivity index (χ4n) is 1.42. The lowest BCUT2D eigenvalue weighted by Gasteiger charge is -2.14. The molecule has 0 saturated carbocycles. The first-order valence-electron chi connectivity index (χ1n) is 6.26. The summed E-state index contributed by atoms with van der Waals surface area (Å²) in [5.74, 6) is 0.151. The Morgan fingerprint density at radius 2 is 1.89 bits per heavy atom. The van der Waals surface area contributed by atoms with Crippen LogP contribution in [0.4, 0.5) is 5.69 Å². The number of anilines is 1. The highest BCUT2D eigenvalue weighted by atomic mass is 32.1. The Hall–Kier alpha value is -1.62. The van der Waals surface area contributed by atoms with Gasteiger partial charge in [0.1, 0.15) is 5.75 Å². The van der Waals surface area contributed by atoms with E-state index in [1.165, 1.54) is 0 Å². The van der Waals surface area contributed by atoms with Gasteiger partial charge >= 0.3 is 0 Å². The van der Waals surface area contributed by atoms with E-state index in [1.807, 2.05) is 12.1 Å². The lowest BCUT2D eigenvalue weighted by Crippen LogP contribution is -2.36. The maximum Gasteiger partial charge on any atom is 0.228 e. The molecular weight excluding hydrogens is 260 g/mol. The molecule has 1 amide bonds. The van der Waals surface area contributed by atoms with Crippen LogP contribution in [0.1, 0.15) is 39.2 Å². The number of thiocarbonyl (C=S) groups is 1. The zero-order chi connectivity index (χ0) is 14.6. The molecule has 0 atom stereocenters. The highest BCUT2D eigenvalue weighted by molar-refractivity contribution is 7.80. The van der Waals surface area contributed by atoms with Crippen LogP contribution in [0.3, 0.4) is 0 Å². The number of amides is 1. The summed E-state index contributed by atoms with van der Waals surface area (Å²) in [6.45, 7) is 7.70. The third-order valence-electron chi connectivity index (χ3n) is 2.70. The quantitative estimate of drug-likeness (QED) is 0.588. The van der Waals surface area contributed by atoms with Crippen LogP contribution in [0, 0.1) is 5.92 Å². The van der Waals surface area contributed by atoms with Crippen LogP contribution in [-0.4, -0.2) is 16.1 Å². The summed E-state index contributed by atoms with van der Waals surface area (Å²) in [7, 11) is 0. The number of aromatic hydroxyl groups is 1. The van der Waals surface area contributed by atoms with Gasteiger partial charge in [0.2, 0.25) is 5.91 Å². The van der Waals surface area contributed by atoms with Crippen molar-refractivity contribution in [1.82, 2.24) is 5.32 Å². The van der Waals surface area contributed by atoms with E-state index in [-0.39, 0.29) is 22.7 Å². The van der Waals surface area contributed by atoms with Crippen LogP contribution in [0.5, 0.6) is 5.75 Å². The van der Waals surface area contributed by atoms with Gasteiger partial charge in [-0.15, -0.1) is 0 Å². The molecule has 0 heterocycles. The molecule has 0 aliphatic carbocycles. The molecule has 0 unspecified atom stereocenters. The molecule has 5 heteroatoms. The Labute approximate surface area is 119 Å². The Morgan fingerprint density at radius 3 is 2.42 bits per heavy atom. The maximum absolute atomic E-state index is 11.5. The average Bonchev–Trinajstić information content (AvgIpc) is 2.31. The van der Waals surface area contributed by atoms with Crippen molar-refractivity contribution in [2.75, 3.05) is 5.32 Å². The number of phenolic OH excluding ortho intramolecular Hbond substituents is 1. The molecule has 0 aromatic heterocycles. The topological polar surface area (TPSA) is 61.4 Å². The molecule has 0 spiro atoms. The summed E-state index contributed by atoms with van der Waals surface area (Å²) in [4.78, 5) is 11.5. The lowest BCUT2D eigenvalue weighted by molar-refractivity contribution is -0.122. The molecule has 1 aromatic rings. The lowest BCUT2D eigenvalue weighted by atomic mass is 10.0. The van der Waals surface area contributed by atoms with E-state index < -0.39 is 0 Å². The van der Waals surface area contributed by atoms with Crippen molar-refractivity contribution >= 4 is 28.9 Å². The first kappa shape index (κ1) is 15.4. The van der Waals surface area contributed by atoms with Gasteiger partial charge in [-0.25, -0.2) is 0 Å². The fraction of sp³-hybridized carbons (Fsp3) is 0.429. The van der Waals surface area contributed by atoms with Crippen molar-refractivity contribution in [3.63, 3.8) is 0 Å². The summed E-state index contributed by atoms with van der Waals surface area (Å²) in [6.07, 6.45) is 0. The second-order valence-corrected chi connectivity index (χ2v) is 5.44. The van der Waals surface area contributed by atoms with Crippen LogP contribution in [0.15, 0.2) is 18.2 Å². The Bertz CT molecular complexity index is 484. The van der Waals surface area contributed by atoms with Gasteiger partial charge in [0, 0.05) is 5.92 Å². The highest BCUT2D eigenvalue weighted by Gasteiger charge is 2.11. The van der Waals surface area contributed by atoms with Crippen LogP contribution in [0.2, 0.25) is 0 Å². The average molecular weight is 280 g/mol. The largest absolute Gasteiger partial charge is 0.506 e. The molecule has 3 N–H and O–H groups in total. The summed E-state index contributed by atoms with van der Waals surface area (Å²) in [5, 5.41) is 15.4. The van der Waals surface area contributed by atoms with E-state index in [0.29, 0.717) is 11.6 Å². The number of hydrogen-bond acceptors (Lipinski definition) is 3. The number of nitrogens with one attached hydrogen (secondary N) is 2. The first-order chi connectivity index (χ1) is 8.81. The Kier molecular flexibility index (Phi) is 5.30. The van der Waals surface area contributed by atoms with Crippen LogP contribution in [0.25, 0.3) is 0 Å². The molecule has 1 aromatic carbocycles. The van der Waals surface area contributed by atoms with Crippen molar-refractivity contribution < 1.29 is 9.90 Å². The predicted molar refractivity (Wildman–Crippen MR) is 81.4 cm³/mol. The number of benzene rings is 1. The van der Waals surface area contributed by atoms with Crippen LogP contribution in [-0.2, 0) is 4.79 Å². The van der Waals surface area contributed by atoms with E-state index in [4.69, 9.17) is 12.2 Å². The van der Waals surface area contributed by atoms with Crippen molar-refractivity contribution in [3.05, 3.63) is 23.8 Å². The fourth-order valence-corrected chi connectivity index (χ4v) is 1.63. The third kappa shape index (κ3) is 4.52. The third-order valence-corrected chi connectivity index (χ3v) is 2.90. The Balaban J connectivity index is 2.79. The summed E-state index contributed by atoms with van der Waals surface area (Å²) >= 11 is 5.05. The van der Waals surface area contributed by atoms with Crippen LogP contribution >= 0.6 is 12.2 Å². The maximum atomic E-state index is 11.5. The minimum absolute atomic E-state index is 0.102. The zero-order valence-corrected chi connectivity index (χ0v) is 12.5. The van der Waals surface area contributed by atoms with E-state index in [1.54, 1.807) is 19.9 Å². The second kappa shape index (κ2) is 6.52. The van der Waals surface area contributed by atoms with Crippen LogP contribution < -0.4 is 10.6 Å². The van der Waals surface area contributed by atoms with Gasteiger partial charge in [0.05, 0.1) is 5.69 Å². The molecule has 104 valence electrons. The summed E-state index contributed by atoms with van der Waals surface area (Å²) in [6, 6.07) is 5.30. The minimum Gasteiger partial charge on any atom is -0.506 e. The van der Waals surface area contributed by atoms with Crippen molar-refractivity contribution in [2.45, 2.75) is 33.6 Å². The Morgan fingerprint density at radius 1 is 1.26 bits per heavy atom. The molecule has 0 radical (unpaired) electrons. The minimum atomic E-state index is -0.156. The number of carbonyl (C=O) groups excluding carboxylic acids is 1. The van der Waals surface area contributed by atoms with E-state index in [0.717, 1.165) is 5.56 Å². The highest BCUT2D eigenvalue weighted by Crippen LogP contribution is 2.27. The summed E-state index contributed by atoms with van der Waals surface area (Å²) in [5.41, 5.74) is 1.58. The SMILES string of the molecule is CC(C)C(=O)NC(=S)Nc1cc(C(C)C)ccc1O. The molecule has 0 bridgehead atoms. The predicted octanol–water partition coefficient (Wildman–Crippen LogP) is 2.98. The smallest absolute Gasteiger partial charge is 0.228 e. The van der Waals surface area contributed by atoms with Gasteiger partial charge in [0.25, 0.3) is 0 Å².